The van der Waals surface area contributed by atoms with Crippen molar-refractivity contribution in [3.8, 4) is 0 Å². The third kappa shape index (κ3) is 8.31. The molecule has 9 nitrogen and oxygen atoms in total. The Hall–Kier alpha value is -2.29. The van der Waals surface area contributed by atoms with E-state index in [0.717, 1.165) is 57.3 Å². The van der Waals surface area contributed by atoms with Crippen LogP contribution in [-0.2, 0) is 11.3 Å². The van der Waals surface area contributed by atoms with Crippen LogP contribution < -0.4 is 10.6 Å². The van der Waals surface area contributed by atoms with Crippen molar-refractivity contribution in [2.45, 2.75) is 46.7 Å². The van der Waals surface area contributed by atoms with Crippen molar-refractivity contribution in [2.24, 2.45) is 10.9 Å². The molecule has 164 valence electrons. The molecule has 29 heavy (non-hydrogen) atoms. The minimum Gasteiger partial charge on any atom is -0.450 e. The van der Waals surface area contributed by atoms with Gasteiger partial charge in [0.25, 0.3) is 0 Å². The smallest absolute Gasteiger partial charge is 0.407 e. The Kier molecular flexibility index (Phi) is 9.76. The van der Waals surface area contributed by atoms with E-state index in [1.54, 1.807) is 13.2 Å². The molecule has 1 amide bonds. The highest BCUT2D eigenvalue weighted by atomic mass is 16.5. The monoisotopic (exact) mass is 408 g/mol. The number of nitrogens with one attached hydrogen (secondary N) is 2. The van der Waals surface area contributed by atoms with E-state index in [2.05, 4.69) is 46.4 Å². The van der Waals surface area contributed by atoms with E-state index < -0.39 is 0 Å². The van der Waals surface area contributed by atoms with Gasteiger partial charge in [-0.05, 0) is 26.2 Å². The van der Waals surface area contributed by atoms with Gasteiger partial charge < -0.3 is 24.8 Å². The van der Waals surface area contributed by atoms with Gasteiger partial charge >= 0.3 is 6.09 Å². The first-order valence-corrected chi connectivity index (χ1v) is 10.6. The Morgan fingerprint density at radius 3 is 2.66 bits per heavy atom. The molecule has 2 heterocycles. The van der Waals surface area contributed by atoms with Gasteiger partial charge in [-0.15, -0.1) is 0 Å². The highest BCUT2D eigenvalue weighted by molar-refractivity contribution is 5.80. The standard InChI is InChI=1S/C20H36N6O3/c1-5-21-19(22-14-18(13-16(3)4)23-20(27)28-6-2)26-10-8-25(9-11-26)15-17-7-12-29-24-17/h7,12,16,18H,5-6,8-11,13-15H2,1-4H3,(H,21,22)(H,23,27). The van der Waals surface area contributed by atoms with Gasteiger partial charge in [-0.25, -0.2) is 4.79 Å². The lowest BCUT2D eigenvalue weighted by Crippen LogP contribution is -2.52. The summed E-state index contributed by atoms with van der Waals surface area (Å²) < 4.78 is 9.95. The number of alkyl carbamates (subject to hydrolysis) is 1. The average molecular weight is 409 g/mol. The van der Waals surface area contributed by atoms with Gasteiger partial charge in [0.05, 0.1) is 24.9 Å². The van der Waals surface area contributed by atoms with Crippen molar-refractivity contribution >= 4 is 12.1 Å². The van der Waals surface area contributed by atoms with Crippen LogP contribution in [0.5, 0.6) is 0 Å². The third-order valence-electron chi connectivity index (χ3n) is 4.70. The molecule has 0 aromatic carbocycles. The van der Waals surface area contributed by atoms with E-state index in [4.69, 9.17) is 14.3 Å². The average Bonchev–Trinajstić information content (AvgIpc) is 3.18. The summed E-state index contributed by atoms with van der Waals surface area (Å²) >= 11 is 0. The van der Waals surface area contributed by atoms with Crippen molar-refractivity contribution in [3.05, 3.63) is 18.0 Å². The van der Waals surface area contributed by atoms with Crippen LogP contribution in [-0.4, -0.2) is 78.9 Å². The fraction of sp³-hybridized carbons (Fsp3) is 0.750. The second-order valence-electron chi connectivity index (χ2n) is 7.64. The molecule has 2 rings (SSSR count). The Morgan fingerprint density at radius 2 is 2.07 bits per heavy atom. The van der Waals surface area contributed by atoms with E-state index >= 15 is 0 Å². The van der Waals surface area contributed by atoms with E-state index in [9.17, 15) is 4.79 Å². The van der Waals surface area contributed by atoms with Crippen LogP contribution >= 0.6 is 0 Å². The maximum absolute atomic E-state index is 11.8. The quantitative estimate of drug-likeness (QED) is 0.476. The number of piperazine rings is 1. The number of hydrogen-bond acceptors (Lipinski definition) is 6. The van der Waals surface area contributed by atoms with Gasteiger partial charge in [0.2, 0.25) is 0 Å². The number of carbonyl (C=O) groups excluding carboxylic acids is 1. The molecule has 0 bridgehead atoms. The molecule has 0 aliphatic carbocycles. The van der Waals surface area contributed by atoms with E-state index in [0.29, 0.717) is 19.1 Å². The number of rotatable bonds is 9. The lowest BCUT2D eigenvalue weighted by atomic mass is 10.0. The summed E-state index contributed by atoms with van der Waals surface area (Å²) in [4.78, 5) is 21.3. The molecular weight excluding hydrogens is 372 g/mol. The van der Waals surface area contributed by atoms with Gasteiger partial charge in [0.1, 0.15) is 6.26 Å². The molecule has 1 fully saturated rings. The zero-order valence-electron chi connectivity index (χ0n) is 18.2. The number of carbonyl (C=O) groups is 1. The third-order valence-corrected chi connectivity index (χ3v) is 4.70. The zero-order chi connectivity index (χ0) is 21.1. The maximum atomic E-state index is 11.8. The molecule has 1 aliphatic rings. The largest absolute Gasteiger partial charge is 0.450 e. The summed E-state index contributed by atoms with van der Waals surface area (Å²) in [5.74, 6) is 1.35. The van der Waals surface area contributed by atoms with Crippen molar-refractivity contribution in [1.29, 1.82) is 0 Å². The number of aliphatic imine (C=N–C) groups is 1. The Morgan fingerprint density at radius 1 is 1.31 bits per heavy atom. The van der Waals surface area contributed by atoms with Crippen molar-refractivity contribution in [3.63, 3.8) is 0 Å². The summed E-state index contributed by atoms with van der Waals surface area (Å²) in [6.07, 6.45) is 2.09. The second kappa shape index (κ2) is 12.3. The summed E-state index contributed by atoms with van der Waals surface area (Å²) in [6.45, 7) is 14.3. The first-order chi connectivity index (χ1) is 14.0. The van der Waals surface area contributed by atoms with Crippen molar-refractivity contribution < 1.29 is 14.1 Å². The summed E-state index contributed by atoms with van der Waals surface area (Å²) in [6, 6.07) is 1.86. The SMILES string of the molecule is CCNC(=NCC(CC(C)C)NC(=O)OCC)N1CCN(Cc2ccon2)CC1. The predicted molar refractivity (Wildman–Crippen MR) is 113 cm³/mol. The molecule has 1 saturated heterocycles. The molecule has 1 unspecified atom stereocenters. The van der Waals surface area contributed by atoms with Crippen molar-refractivity contribution in [2.75, 3.05) is 45.9 Å². The molecule has 9 heteroatoms. The molecule has 0 radical (unpaired) electrons. The number of nitrogens with zero attached hydrogens (tertiary/aromatic N) is 4. The molecule has 0 spiro atoms. The fourth-order valence-corrected chi connectivity index (χ4v) is 3.38. The van der Waals surface area contributed by atoms with Crippen LogP contribution in [0.4, 0.5) is 4.79 Å². The molecule has 1 aromatic rings. The molecule has 1 aromatic heterocycles. The highest BCUT2D eigenvalue weighted by Gasteiger charge is 2.21. The predicted octanol–water partition coefficient (Wildman–Crippen LogP) is 1.92. The van der Waals surface area contributed by atoms with Gasteiger partial charge in [-0.2, -0.15) is 0 Å². The normalized spacial score (nSPS) is 16.7. The lowest BCUT2D eigenvalue weighted by Gasteiger charge is -2.36. The summed E-state index contributed by atoms with van der Waals surface area (Å²) in [7, 11) is 0. The molecule has 1 aliphatic heterocycles. The fourth-order valence-electron chi connectivity index (χ4n) is 3.38. The number of hydrogen-bond donors (Lipinski definition) is 2. The van der Waals surface area contributed by atoms with E-state index in [-0.39, 0.29) is 12.1 Å². The summed E-state index contributed by atoms with van der Waals surface area (Å²) in [5.41, 5.74) is 0.959. The number of guanidine groups is 1. The van der Waals surface area contributed by atoms with Gasteiger partial charge in [-0.1, -0.05) is 19.0 Å². The van der Waals surface area contributed by atoms with Gasteiger partial charge in [0.15, 0.2) is 5.96 Å². The second-order valence-corrected chi connectivity index (χ2v) is 7.64. The van der Waals surface area contributed by atoms with E-state index in [1.165, 1.54) is 0 Å². The Bertz CT molecular complexity index is 612. The first kappa shape index (κ1) is 23.0. The van der Waals surface area contributed by atoms with Crippen molar-refractivity contribution in [1.82, 2.24) is 25.6 Å². The Balaban J connectivity index is 1.92. The van der Waals surface area contributed by atoms with Gasteiger partial charge in [-0.3, -0.25) is 9.89 Å². The molecule has 2 N–H and O–H groups in total. The van der Waals surface area contributed by atoms with Crippen LogP contribution in [0, 0.1) is 5.92 Å². The van der Waals surface area contributed by atoms with Crippen LogP contribution in [0.3, 0.4) is 0 Å². The first-order valence-electron chi connectivity index (χ1n) is 10.6. The van der Waals surface area contributed by atoms with Crippen LogP contribution in [0.1, 0.15) is 39.8 Å². The minimum atomic E-state index is -0.375. The number of amides is 1. The number of ether oxygens (including phenoxy) is 1. The Labute approximate surface area is 173 Å². The summed E-state index contributed by atoms with van der Waals surface area (Å²) in [5, 5.41) is 10.3. The maximum Gasteiger partial charge on any atom is 0.407 e. The topological polar surface area (TPSA) is 95.2 Å². The lowest BCUT2D eigenvalue weighted by molar-refractivity contribution is 0.147. The van der Waals surface area contributed by atoms with Crippen LogP contribution in [0.2, 0.25) is 0 Å². The zero-order valence-corrected chi connectivity index (χ0v) is 18.2. The highest BCUT2D eigenvalue weighted by Crippen LogP contribution is 2.09. The molecule has 0 saturated carbocycles. The van der Waals surface area contributed by atoms with Gasteiger partial charge in [0, 0.05) is 45.3 Å². The van der Waals surface area contributed by atoms with Crippen LogP contribution in [0.15, 0.2) is 21.8 Å². The number of aromatic nitrogens is 1. The molecule has 1 atom stereocenters. The minimum absolute atomic E-state index is 0.0452. The van der Waals surface area contributed by atoms with E-state index in [1.807, 2.05) is 6.07 Å². The molecular formula is C20H36N6O3. The van der Waals surface area contributed by atoms with Crippen LogP contribution in [0.25, 0.3) is 0 Å².